The first-order chi connectivity index (χ1) is 12.7. The second-order valence-electron chi connectivity index (χ2n) is 6.34. The molecule has 5 aromatic rings. The minimum absolute atomic E-state index is 1.01. The van der Waals surface area contributed by atoms with E-state index in [1.165, 1.54) is 27.3 Å². The summed E-state index contributed by atoms with van der Waals surface area (Å²) in [7, 11) is 0. The van der Waals surface area contributed by atoms with E-state index in [1.807, 2.05) is 6.07 Å². The first-order valence-corrected chi connectivity index (χ1v) is 9.96. The van der Waals surface area contributed by atoms with Crippen molar-refractivity contribution in [3.63, 3.8) is 0 Å². The Bertz CT molecular complexity index is 1290. The fraction of sp³-hybridized carbons (Fsp3) is 0. The van der Waals surface area contributed by atoms with Gasteiger partial charge in [0.2, 0.25) is 0 Å². The van der Waals surface area contributed by atoms with E-state index >= 15 is 0 Å². The van der Waals surface area contributed by atoms with Gasteiger partial charge in [0.05, 0.1) is 11.0 Å². The number of benzene rings is 4. The van der Waals surface area contributed by atoms with E-state index in [0.717, 1.165) is 25.4 Å². The van der Waals surface area contributed by atoms with Crippen LogP contribution in [0.2, 0.25) is 0 Å². The van der Waals surface area contributed by atoms with Crippen LogP contribution < -0.4 is 0 Å². The molecule has 0 saturated heterocycles. The maximum atomic E-state index is 4.94. The van der Waals surface area contributed by atoms with Crippen molar-refractivity contribution in [3.05, 3.63) is 87.8 Å². The minimum atomic E-state index is 1.01. The predicted molar refractivity (Wildman–Crippen MR) is 118 cm³/mol. The molecule has 0 amide bonds. The number of aromatic nitrogens is 1. The smallest absolute Gasteiger partial charge is 0.0722 e. The van der Waals surface area contributed by atoms with Crippen LogP contribution in [0, 0.1) is 0 Å². The molecule has 0 saturated carbocycles. The quantitative estimate of drug-likeness (QED) is 0.183. The van der Waals surface area contributed by atoms with E-state index in [-0.39, 0.29) is 0 Å². The van der Waals surface area contributed by atoms with Crippen molar-refractivity contribution in [3.8, 4) is 11.1 Å². The van der Waals surface area contributed by atoms with Gasteiger partial charge in [-0.3, -0.25) is 0 Å². The summed E-state index contributed by atoms with van der Waals surface area (Å²) in [5.74, 6) is 0. The third-order valence-electron chi connectivity index (χ3n) is 4.76. The first-order valence-electron chi connectivity index (χ1n) is 8.37. The predicted octanol–water partition coefficient (Wildman–Crippen LogP) is 7.73. The number of nitrogens with zero attached hydrogens (tertiary/aromatic N) is 1. The van der Waals surface area contributed by atoms with E-state index in [0.29, 0.717) is 0 Å². The molecule has 0 radical (unpaired) electrons. The topological polar surface area (TPSA) is 12.9 Å². The summed E-state index contributed by atoms with van der Waals surface area (Å²) in [6.07, 6.45) is 0. The Balaban J connectivity index is 2.06. The average Bonchev–Trinajstić information content (AvgIpc) is 2.67. The Labute approximate surface area is 167 Å². The van der Waals surface area contributed by atoms with E-state index in [4.69, 9.17) is 4.98 Å². The molecule has 0 unspecified atom stereocenters. The van der Waals surface area contributed by atoms with Crippen LogP contribution >= 0.6 is 31.9 Å². The molecule has 0 aliphatic carbocycles. The van der Waals surface area contributed by atoms with Crippen LogP contribution in [0.1, 0.15) is 0 Å². The molecule has 4 aromatic carbocycles. The normalized spacial score (nSPS) is 11.5. The van der Waals surface area contributed by atoms with Crippen LogP contribution in [0.25, 0.3) is 43.7 Å². The number of hydrogen-bond acceptors (Lipinski definition) is 1. The van der Waals surface area contributed by atoms with Crippen LogP contribution in [0.4, 0.5) is 0 Å². The molecule has 0 N–H and O–H groups in total. The largest absolute Gasteiger partial charge is 0.248 e. The maximum Gasteiger partial charge on any atom is 0.0722 e. The lowest BCUT2D eigenvalue weighted by Crippen LogP contribution is -1.91. The summed E-state index contributed by atoms with van der Waals surface area (Å²) in [6.45, 7) is 0. The third kappa shape index (κ3) is 2.54. The van der Waals surface area contributed by atoms with Gasteiger partial charge >= 0.3 is 0 Å². The maximum absolute atomic E-state index is 4.94. The van der Waals surface area contributed by atoms with Crippen molar-refractivity contribution < 1.29 is 0 Å². The fourth-order valence-electron chi connectivity index (χ4n) is 3.60. The van der Waals surface area contributed by atoms with Crippen LogP contribution in [-0.2, 0) is 0 Å². The second kappa shape index (κ2) is 6.19. The molecule has 3 heteroatoms. The SMILES string of the molecule is Brc1ccc(-c2c3cc(Br)ccc3nc3ccc4ccccc4c23)cc1. The van der Waals surface area contributed by atoms with E-state index in [1.54, 1.807) is 0 Å². The van der Waals surface area contributed by atoms with Gasteiger partial charge in [0, 0.05) is 25.3 Å². The highest BCUT2D eigenvalue weighted by atomic mass is 79.9. The average molecular weight is 463 g/mol. The monoisotopic (exact) mass is 461 g/mol. The van der Waals surface area contributed by atoms with Gasteiger partial charge in [0.25, 0.3) is 0 Å². The Morgan fingerprint density at radius 3 is 2.19 bits per heavy atom. The van der Waals surface area contributed by atoms with Gasteiger partial charge in [0.1, 0.15) is 0 Å². The highest BCUT2D eigenvalue weighted by molar-refractivity contribution is 9.10. The highest BCUT2D eigenvalue weighted by Crippen LogP contribution is 2.39. The van der Waals surface area contributed by atoms with Crippen LogP contribution in [0.5, 0.6) is 0 Å². The zero-order chi connectivity index (χ0) is 17.7. The number of fused-ring (bicyclic) bond motifs is 4. The molecule has 1 aromatic heterocycles. The highest BCUT2D eigenvalue weighted by Gasteiger charge is 2.14. The lowest BCUT2D eigenvalue weighted by atomic mass is 9.93. The van der Waals surface area contributed by atoms with Gasteiger partial charge < -0.3 is 0 Å². The fourth-order valence-corrected chi connectivity index (χ4v) is 4.23. The van der Waals surface area contributed by atoms with E-state index < -0.39 is 0 Å². The Hall–Kier alpha value is -2.23. The second-order valence-corrected chi connectivity index (χ2v) is 8.17. The number of pyridine rings is 1. The molecule has 0 aliphatic rings. The molecule has 1 nitrogen and oxygen atoms in total. The molecule has 5 rings (SSSR count). The number of rotatable bonds is 1. The zero-order valence-electron chi connectivity index (χ0n) is 13.7. The molecule has 0 atom stereocenters. The van der Waals surface area contributed by atoms with Crippen molar-refractivity contribution in [2.45, 2.75) is 0 Å². The van der Waals surface area contributed by atoms with Gasteiger partial charge in [-0.1, -0.05) is 74.3 Å². The molecule has 1 heterocycles. The summed E-state index contributed by atoms with van der Waals surface area (Å²) in [5.41, 5.74) is 4.46. The van der Waals surface area contributed by atoms with E-state index in [2.05, 4.69) is 105 Å². The summed E-state index contributed by atoms with van der Waals surface area (Å²) in [4.78, 5) is 4.94. The van der Waals surface area contributed by atoms with Crippen molar-refractivity contribution in [2.24, 2.45) is 0 Å². The Morgan fingerprint density at radius 2 is 1.35 bits per heavy atom. The van der Waals surface area contributed by atoms with Crippen molar-refractivity contribution in [2.75, 3.05) is 0 Å². The molecule has 0 bridgehead atoms. The summed E-state index contributed by atoms with van der Waals surface area (Å²) < 4.78 is 2.14. The molecular weight excluding hydrogens is 450 g/mol. The van der Waals surface area contributed by atoms with Crippen LogP contribution in [0.15, 0.2) is 87.8 Å². The number of hydrogen-bond donors (Lipinski definition) is 0. The first kappa shape index (κ1) is 16.0. The molecule has 0 fully saturated rings. The van der Waals surface area contributed by atoms with Gasteiger partial charge in [0.15, 0.2) is 0 Å². The Morgan fingerprint density at radius 1 is 0.615 bits per heavy atom. The molecule has 0 aliphatic heterocycles. The van der Waals surface area contributed by atoms with Gasteiger partial charge in [-0.05, 0) is 52.7 Å². The summed E-state index contributed by atoms with van der Waals surface area (Å²) >= 11 is 7.18. The minimum Gasteiger partial charge on any atom is -0.248 e. The lowest BCUT2D eigenvalue weighted by molar-refractivity contribution is 1.49. The third-order valence-corrected chi connectivity index (χ3v) is 5.78. The number of halogens is 2. The van der Waals surface area contributed by atoms with Crippen LogP contribution in [-0.4, -0.2) is 4.98 Å². The molecule has 26 heavy (non-hydrogen) atoms. The van der Waals surface area contributed by atoms with E-state index in [9.17, 15) is 0 Å². The molecule has 0 spiro atoms. The molecular formula is C23H13Br2N. The van der Waals surface area contributed by atoms with Crippen molar-refractivity contribution in [1.82, 2.24) is 4.98 Å². The van der Waals surface area contributed by atoms with Crippen molar-refractivity contribution >= 4 is 64.4 Å². The lowest BCUT2D eigenvalue weighted by Gasteiger charge is -2.14. The van der Waals surface area contributed by atoms with Gasteiger partial charge in [-0.25, -0.2) is 4.98 Å². The Kier molecular flexibility index (Phi) is 3.80. The van der Waals surface area contributed by atoms with Gasteiger partial charge in [-0.15, -0.1) is 0 Å². The van der Waals surface area contributed by atoms with Crippen LogP contribution in [0.3, 0.4) is 0 Å². The van der Waals surface area contributed by atoms with Gasteiger partial charge in [-0.2, -0.15) is 0 Å². The molecule has 124 valence electrons. The standard InChI is InChI=1S/C23H13Br2N/c24-16-8-5-15(6-9-16)22-19-13-17(25)10-12-20(19)26-21-11-7-14-3-1-2-4-18(14)23(21)22/h1-13H. The summed E-state index contributed by atoms with van der Waals surface area (Å²) in [5, 5.41) is 4.83. The summed E-state index contributed by atoms with van der Waals surface area (Å²) in [6, 6.07) is 27.6. The zero-order valence-corrected chi connectivity index (χ0v) is 16.9. The van der Waals surface area contributed by atoms with Crippen molar-refractivity contribution in [1.29, 1.82) is 0 Å².